The second kappa shape index (κ2) is 12.0. The van der Waals surface area contributed by atoms with E-state index in [0.717, 1.165) is 11.3 Å². The number of benzene rings is 1. The van der Waals surface area contributed by atoms with E-state index in [0.29, 0.717) is 39.0 Å². The van der Waals surface area contributed by atoms with Crippen LogP contribution in [-0.4, -0.2) is 85.8 Å². The summed E-state index contributed by atoms with van der Waals surface area (Å²) in [5.74, 6) is -0.993. The van der Waals surface area contributed by atoms with Gasteiger partial charge in [-0.05, 0) is 32.0 Å². The second-order valence-electron chi connectivity index (χ2n) is 9.14. The van der Waals surface area contributed by atoms with Gasteiger partial charge in [0.15, 0.2) is 0 Å². The van der Waals surface area contributed by atoms with Crippen molar-refractivity contribution in [1.29, 1.82) is 0 Å². The predicted molar refractivity (Wildman–Crippen MR) is 125 cm³/mol. The van der Waals surface area contributed by atoms with Crippen LogP contribution in [0.3, 0.4) is 0 Å². The molecule has 1 aromatic carbocycles. The number of rotatable bonds is 7. The van der Waals surface area contributed by atoms with E-state index in [1.165, 1.54) is 0 Å². The lowest BCUT2D eigenvalue weighted by Crippen LogP contribution is -2.47. The Morgan fingerprint density at radius 3 is 2.85 bits per heavy atom. The summed E-state index contributed by atoms with van der Waals surface area (Å²) < 4.78 is 7.99. The summed E-state index contributed by atoms with van der Waals surface area (Å²) in [6.07, 6.45) is 2.59. The maximum absolute atomic E-state index is 13.0. The molecule has 0 spiro atoms. The first kappa shape index (κ1) is 25.8. The Labute approximate surface area is 200 Å². The fourth-order valence-electron chi connectivity index (χ4n) is 4.22. The van der Waals surface area contributed by atoms with Gasteiger partial charge in [0.25, 0.3) is 0 Å². The van der Waals surface area contributed by atoms with Crippen molar-refractivity contribution in [3.63, 3.8) is 0 Å². The Morgan fingerprint density at radius 2 is 2.12 bits per heavy atom. The van der Waals surface area contributed by atoms with Crippen LogP contribution in [0.1, 0.15) is 48.3 Å². The van der Waals surface area contributed by atoms with E-state index >= 15 is 0 Å². The molecule has 34 heavy (non-hydrogen) atoms. The van der Waals surface area contributed by atoms with Gasteiger partial charge in [-0.25, -0.2) is 4.79 Å². The molecule has 0 saturated carbocycles. The number of carbonyl (C=O) groups excluding carboxylic acids is 1. The van der Waals surface area contributed by atoms with Crippen LogP contribution in [0.25, 0.3) is 0 Å². The average Bonchev–Trinajstić information content (AvgIpc) is 3.26. The second-order valence-corrected chi connectivity index (χ2v) is 9.14. The number of aliphatic hydroxyl groups is 1. The number of carbonyl (C=O) groups is 2. The van der Waals surface area contributed by atoms with Gasteiger partial charge in [0.2, 0.25) is 5.91 Å². The number of hydrogen-bond donors (Lipinski definition) is 2. The lowest BCUT2D eigenvalue weighted by molar-refractivity contribution is -0.136. The fourth-order valence-corrected chi connectivity index (χ4v) is 4.22. The summed E-state index contributed by atoms with van der Waals surface area (Å²) in [7, 11) is 1.92. The van der Waals surface area contributed by atoms with Gasteiger partial charge in [0.1, 0.15) is 5.69 Å². The summed E-state index contributed by atoms with van der Waals surface area (Å²) in [5, 5.41) is 27.5. The molecule has 1 aliphatic heterocycles. The minimum absolute atomic E-state index is 0.00419. The summed E-state index contributed by atoms with van der Waals surface area (Å²) in [6, 6.07) is 6.67. The molecule has 3 atom stereocenters. The van der Waals surface area contributed by atoms with Gasteiger partial charge in [-0.2, -0.15) is 0 Å². The van der Waals surface area contributed by atoms with Crippen molar-refractivity contribution < 1.29 is 24.5 Å². The first-order valence-electron chi connectivity index (χ1n) is 11.7. The zero-order valence-corrected chi connectivity index (χ0v) is 20.1. The number of aryl methyl sites for hydroxylation is 1. The van der Waals surface area contributed by atoms with Crippen LogP contribution < -0.4 is 0 Å². The van der Waals surface area contributed by atoms with Crippen LogP contribution in [0, 0.1) is 5.92 Å². The quantitative estimate of drug-likeness (QED) is 0.623. The summed E-state index contributed by atoms with van der Waals surface area (Å²) in [4.78, 5) is 28.3. The fraction of sp³-hybridized carbons (Fsp3) is 0.583. The molecule has 2 N–H and O–H groups in total. The maximum Gasteiger partial charge on any atom is 0.336 e. The smallest absolute Gasteiger partial charge is 0.336 e. The molecule has 1 amide bonds. The van der Waals surface area contributed by atoms with E-state index in [1.54, 1.807) is 21.7 Å². The molecule has 186 valence electrons. The highest BCUT2D eigenvalue weighted by Crippen LogP contribution is 2.19. The summed E-state index contributed by atoms with van der Waals surface area (Å²) in [6.45, 7) is 6.07. The number of carboxylic acids is 1. The number of aromatic nitrogens is 3. The summed E-state index contributed by atoms with van der Waals surface area (Å²) >= 11 is 0. The van der Waals surface area contributed by atoms with E-state index in [4.69, 9.17) is 4.74 Å². The van der Waals surface area contributed by atoms with E-state index in [2.05, 4.69) is 10.3 Å². The highest BCUT2D eigenvalue weighted by molar-refractivity contribution is 5.89. The van der Waals surface area contributed by atoms with Crippen molar-refractivity contribution in [2.24, 2.45) is 5.92 Å². The third-order valence-corrected chi connectivity index (χ3v) is 6.22. The number of carboxylic acid groups (broad SMARTS) is 1. The molecule has 2 heterocycles. The molecule has 1 aromatic heterocycles. The minimum atomic E-state index is -0.953. The number of aromatic carboxylic acids is 1. The van der Waals surface area contributed by atoms with Gasteiger partial charge < -0.3 is 19.8 Å². The normalized spacial score (nSPS) is 21.0. The van der Waals surface area contributed by atoms with Crippen molar-refractivity contribution in [3.8, 4) is 0 Å². The van der Waals surface area contributed by atoms with Crippen LogP contribution in [0.2, 0.25) is 0 Å². The van der Waals surface area contributed by atoms with Crippen molar-refractivity contribution in [3.05, 3.63) is 47.3 Å². The molecule has 1 aliphatic rings. The van der Waals surface area contributed by atoms with Gasteiger partial charge in [0.05, 0.1) is 37.1 Å². The third-order valence-electron chi connectivity index (χ3n) is 6.22. The average molecular weight is 474 g/mol. The number of fused-ring (bicyclic) bond motifs is 2. The molecular formula is C24H35N5O5. The molecular weight excluding hydrogens is 438 g/mol. The van der Waals surface area contributed by atoms with Crippen molar-refractivity contribution in [1.82, 2.24) is 24.8 Å². The number of nitrogens with zero attached hydrogens (tertiary/aromatic N) is 5. The molecule has 10 heteroatoms. The molecule has 2 aromatic rings. The van der Waals surface area contributed by atoms with E-state index < -0.39 is 5.97 Å². The van der Waals surface area contributed by atoms with Crippen molar-refractivity contribution >= 4 is 11.9 Å². The van der Waals surface area contributed by atoms with Crippen molar-refractivity contribution in [2.45, 2.75) is 58.5 Å². The Bertz CT molecular complexity index is 965. The monoisotopic (exact) mass is 473 g/mol. The van der Waals surface area contributed by atoms with E-state index in [9.17, 15) is 19.8 Å². The van der Waals surface area contributed by atoms with Crippen LogP contribution in [-0.2, 0) is 29.2 Å². The highest BCUT2D eigenvalue weighted by Gasteiger charge is 2.28. The highest BCUT2D eigenvalue weighted by atomic mass is 16.5. The van der Waals surface area contributed by atoms with Gasteiger partial charge in [0, 0.05) is 38.5 Å². The number of amides is 1. The molecule has 3 rings (SSSR count). The topological polar surface area (TPSA) is 121 Å². The molecule has 2 bridgehead atoms. The Kier molecular flexibility index (Phi) is 9.14. The Hall–Kier alpha value is -2.82. The zero-order valence-electron chi connectivity index (χ0n) is 20.1. The number of aliphatic hydroxyl groups excluding tert-OH is 1. The largest absolute Gasteiger partial charge is 0.478 e. The van der Waals surface area contributed by atoms with Crippen LogP contribution in [0.15, 0.2) is 30.5 Å². The maximum atomic E-state index is 13.0. The zero-order chi connectivity index (χ0) is 24.7. The van der Waals surface area contributed by atoms with Gasteiger partial charge in [-0.1, -0.05) is 30.3 Å². The molecule has 0 radical (unpaired) electrons. The Balaban J connectivity index is 1.79. The standard InChI is InChI=1S/C24H35N5O5/c1-17-11-29(18(2)15-30)23(31)9-6-10-28-13-20(25-26-28)16-34-22(17)14-27(3)12-19-7-4-5-8-21(19)24(32)33/h4-5,7-8,13,17-18,22,30H,6,9-12,14-16H2,1-3H3,(H,32,33)/t17-,18-,22+/m1/s1. The first-order chi connectivity index (χ1) is 16.3. The SMILES string of the molecule is C[C@@H]1CN([C@H](C)CO)C(=O)CCCn2cc(nn2)CO[C@H]1CN(C)Cc1ccccc1C(=O)O. The molecule has 0 saturated heterocycles. The van der Waals surface area contributed by atoms with E-state index in [1.807, 2.05) is 44.1 Å². The molecule has 0 aliphatic carbocycles. The predicted octanol–water partition coefficient (Wildman–Crippen LogP) is 1.63. The number of hydrogen-bond acceptors (Lipinski definition) is 7. The van der Waals surface area contributed by atoms with Gasteiger partial charge in [-0.15, -0.1) is 5.10 Å². The third kappa shape index (κ3) is 6.85. The van der Waals surface area contributed by atoms with Crippen molar-refractivity contribution in [2.75, 3.05) is 26.7 Å². The minimum Gasteiger partial charge on any atom is -0.478 e. The van der Waals surface area contributed by atoms with Gasteiger partial charge >= 0.3 is 5.97 Å². The number of ether oxygens (including phenoxy) is 1. The van der Waals surface area contributed by atoms with Crippen LogP contribution >= 0.6 is 0 Å². The molecule has 0 unspecified atom stereocenters. The Morgan fingerprint density at radius 1 is 1.35 bits per heavy atom. The first-order valence-corrected chi connectivity index (χ1v) is 11.7. The summed E-state index contributed by atoms with van der Waals surface area (Å²) in [5.41, 5.74) is 1.73. The van der Waals surface area contributed by atoms with Crippen LogP contribution in [0.5, 0.6) is 0 Å². The van der Waals surface area contributed by atoms with E-state index in [-0.39, 0.29) is 42.7 Å². The molecule has 10 nitrogen and oxygen atoms in total. The van der Waals surface area contributed by atoms with Crippen LogP contribution in [0.4, 0.5) is 0 Å². The lowest BCUT2D eigenvalue weighted by atomic mass is 10.0. The lowest BCUT2D eigenvalue weighted by Gasteiger charge is -2.35. The number of likely N-dealkylation sites (N-methyl/N-ethyl adjacent to an activating group) is 1. The molecule has 0 fully saturated rings. The van der Waals surface area contributed by atoms with Gasteiger partial charge in [-0.3, -0.25) is 14.4 Å².